The van der Waals surface area contributed by atoms with Crippen molar-refractivity contribution in [2.45, 2.75) is 12.6 Å². The molecule has 0 spiro atoms. The molecule has 6 heteroatoms. The highest BCUT2D eigenvalue weighted by Gasteiger charge is 2.19. The Morgan fingerprint density at radius 3 is 3.04 bits per heavy atom. The number of nitrogens with one attached hydrogen (secondary N) is 1. The maximum absolute atomic E-state index is 5.95. The minimum atomic E-state index is 0.130. The molecule has 3 aromatic rings. The van der Waals surface area contributed by atoms with Crippen LogP contribution in [0.15, 0.2) is 40.9 Å². The number of hydrogen-bond acceptors (Lipinski definition) is 5. The van der Waals surface area contributed by atoms with Gasteiger partial charge in [0.1, 0.15) is 11.3 Å². The fourth-order valence-electron chi connectivity index (χ4n) is 3.09. The first-order valence-electron chi connectivity index (χ1n) is 8.18. The molecule has 1 aromatic carbocycles. The summed E-state index contributed by atoms with van der Waals surface area (Å²) in [4.78, 5) is 2.22. The number of aromatic amines is 1. The quantitative estimate of drug-likeness (QED) is 0.780. The number of rotatable bonds is 5. The van der Waals surface area contributed by atoms with Gasteiger partial charge in [-0.15, -0.1) is 0 Å². The molecule has 4 rings (SSSR count). The van der Waals surface area contributed by atoms with Crippen LogP contribution in [0.3, 0.4) is 0 Å². The number of H-pyrrole nitrogens is 1. The van der Waals surface area contributed by atoms with Crippen molar-refractivity contribution in [2.24, 2.45) is 0 Å². The second-order valence-electron chi connectivity index (χ2n) is 6.18. The Hall–Kier alpha value is -2.15. The smallest absolute Gasteiger partial charge is 0.153 e. The van der Waals surface area contributed by atoms with Gasteiger partial charge in [-0.25, -0.2) is 0 Å². The minimum absolute atomic E-state index is 0.130. The van der Waals surface area contributed by atoms with Gasteiger partial charge in [-0.3, -0.25) is 10.00 Å². The van der Waals surface area contributed by atoms with Crippen LogP contribution in [0.1, 0.15) is 5.56 Å². The molecule has 24 heavy (non-hydrogen) atoms. The highest BCUT2D eigenvalue weighted by Crippen LogP contribution is 2.29. The van der Waals surface area contributed by atoms with E-state index in [9.17, 15) is 0 Å². The molecule has 1 aliphatic rings. The maximum Gasteiger partial charge on any atom is 0.153 e. The van der Waals surface area contributed by atoms with Crippen molar-refractivity contribution in [3.63, 3.8) is 0 Å². The highest BCUT2D eigenvalue weighted by atomic mass is 16.6. The summed E-state index contributed by atoms with van der Waals surface area (Å²) in [6.45, 7) is 3.62. The van der Waals surface area contributed by atoms with E-state index in [1.165, 1.54) is 0 Å². The van der Waals surface area contributed by atoms with E-state index in [4.69, 9.17) is 13.9 Å². The van der Waals surface area contributed by atoms with Gasteiger partial charge >= 0.3 is 0 Å². The van der Waals surface area contributed by atoms with Crippen LogP contribution >= 0.6 is 0 Å². The van der Waals surface area contributed by atoms with Gasteiger partial charge in [-0.2, -0.15) is 5.10 Å². The number of benzene rings is 1. The SMILES string of the molecule is CN(Cc1cn[nH]c1-c1cc2ccccc2o1)C[C@H]1COCCO1. The fourth-order valence-corrected chi connectivity index (χ4v) is 3.09. The van der Waals surface area contributed by atoms with Crippen molar-refractivity contribution in [3.05, 3.63) is 42.1 Å². The van der Waals surface area contributed by atoms with E-state index in [1.807, 2.05) is 36.5 Å². The second-order valence-corrected chi connectivity index (χ2v) is 6.18. The topological polar surface area (TPSA) is 63.5 Å². The lowest BCUT2D eigenvalue weighted by molar-refractivity contribution is -0.0962. The number of aromatic nitrogens is 2. The zero-order valence-electron chi connectivity index (χ0n) is 13.7. The van der Waals surface area contributed by atoms with E-state index in [0.717, 1.165) is 41.1 Å². The number of ether oxygens (including phenoxy) is 2. The van der Waals surface area contributed by atoms with Crippen molar-refractivity contribution >= 4 is 11.0 Å². The molecule has 6 nitrogen and oxygen atoms in total. The van der Waals surface area contributed by atoms with E-state index in [2.05, 4.69) is 22.1 Å². The summed E-state index contributed by atoms with van der Waals surface area (Å²) in [5.74, 6) is 0.814. The van der Waals surface area contributed by atoms with E-state index < -0.39 is 0 Å². The molecular formula is C18H21N3O3. The number of hydrogen-bond donors (Lipinski definition) is 1. The van der Waals surface area contributed by atoms with Crippen LogP contribution in [-0.2, 0) is 16.0 Å². The van der Waals surface area contributed by atoms with Gasteiger partial charge < -0.3 is 13.9 Å². The van der Waals surface area contributed by atoms with E-state index in [-0.39, 0.29) is 6.10 Å². The summed E-state index contributed by atoms with van der Waals surface area (Å²) in [6.07, 6.45) is 1.99. The van der Waals surface area contributed by atoms with Crippen molar-refractivity contribution in [1.29, 1.82) is 0 Å². The zero-order chi connectivity index (χ0) is 16.4. The number of para-hydroxylation sites is 1. The molecule has 2 aromatic heterocycles. The van der Waals surface area contributed by atoms with Crippen molar-refractivity contribution in [2.75, 3.05) is 33.4 Å². The predicted molar refractivity (Wildman–Crippen MR) is 90.7 cm³/mol. The van der Waals surface area contributed by atoms with Gasteiger partial charge in [0.15, 0.2) is 5.76 Å². The Morgan fingerprint density at radius 2 is 2.21 bits per heavy atom. The average Bonchev–Trinajstić information content (AvgIpc) is 3.21. The van der Waals surface area contributed by atoms with Gasteiger partial charge in [0, 0.05) is 24.0 Å². The highest BCUT2D eigenvalue weighted by molar-refractivity contribution is 5.82. The van der Waals surface area contributed by atoms with Crippen LogP contribution in [0, 0.1) is 0 Å². The van der Waals surface area contributed by atoms with Gasteiger partial charge in [-0.1, -0.05) is 18.2 Å². The Kier molecular flexibility index (Phi) is 4.34. The summed E-state index contributed by atoms with van der Waals surface area (Å²) in [6, 6.07) is 10.1. The molecular weight excluding hydrogens is 306 g/mol. The molecule has 0 amide bonds. The summed E-state index contributed by atoms with van der Waals surface area (Å²) in [5.41, 5.74) is 2.92. The molecule has 1 aliphatic heterocycles. The summed E-state index contributed by atoms with van der Waals surface area (Å²) in [5, 5.41) is 8.36. The van der Waals surface area contributed by atoms with Crippen LogP contribution in [0.2, 0.25) is 0 Å². The van der Waals surface area contributed by atoms with Gasteiger partial charge in [0.05, 0.1) is 32.1 Å². The Morgan fingerprint density at radius 1 is 1.29 bits per heavy atom. The minimum Gasteiger partial charge on any atom is -0.454 e. The molecule has 1 atom stereocenters. The van der Waals surface area contributed by atoms with E-state index in [0.29, 0.717) is 19.8 Å². The summed E-state index contributed by atoms with van der Waals surface area (Å²) in [7, 11) is 2.08. The van der Waals surface area contributed by atoms with Gasteiger partial charge in [0.25, 0.3) is 0 Å². The Bertz CT molecular complexity index is 772. The van der Waals surface area contributed by atoms with Crippen molar-refractivity contribution in [3.8, 4) is 11.5 Å². The predicted octanol–water partition coefficient (Wildman–Crippen LogP) is 2.67. The normalized spacial score (nSPS) is 18.5. The molecule has 126 valence electrons. The largest absolute Gasteiger partial charge is 0.454 e. The molecule has 1 saturated heterocycles. The Balaban J connectivity index is 1.49. The van der Waals surface area contributed by atoms with E-state index >= 15 is 0 Å². The first-order valence-corrected chi connectivity index (χ1v) is 8.18. The summed E-state index contributed by atoms with van der Waals surface area (Å²) >= 11 is 0. The zero-order valence-corrected chi connectivity index (χ0v) is 13.7. The number of nitrogens with zero attached hydrogens (tertiary/aromatic N) is 2. The lowest BCUT2D eigenvalue weighted by atomic mass is 10.2. The van der Waals surface area contributed by atoms with E-state index in [1.54, 1.807) is 0 Å². The van der Waals surface area contributed by atoms with Crippen LogP contribution < -0.4 is 0 Å². The van der Waals surface area contributed by atoms with Crippen LogP contribution in [-0.4, -0.2) is 54.6 Å². The average molecular weight is 327 g/mol. The third-order valence-corrected chi connectivity index (χ3v) is 4.23. The first-order chi connectivity index (χ1) is 11.8. The number of likely N-dealkylation sites (N-methyl/N-ethyl adjacent to an activating group) is 1. The Labute approximate surface area is 140 Å². The molecule has 0 radical (unpaired) electrons. The van der Waals surface area contributed by atoms with Crippen LogP contribution in [0.5, 0.6) is 0 Å². The van der Waals surface area contributed by atoms with Crippen LogP contribution in [0.4, 0.5) is 0 Å². The second kappa shape index (κ2) is 6.76. The molecule has 0 aliphatic carbocycles. The number of furan rings is 1. The molecule has 1 N–H and O–H groups in total. The standard InChI is InChI=1S/C18H21N3O3/c1-21(11-15-12-22-6-7-23-15)10-14-9-19-20-18(14)17-8-13-4-2-3-5-16(13)24-17/h2-5,8-9,15H,6-7,10-12H2,1H3,(H,19,20)/t15-/m0/s1. The van der Waals surface area contributed by atoms with Gasteiger partial charge in [-0.05, 0) is 19.2 Å². The molecule has 0 saturated carbocycles. The van der Waals surface area contributed by atoms with Crippen molar-refractivity contribution < 1.29 is 13.9 Å². The molecule has 0 bridgehead atoms. The summed E-state index contributed by atoms with van der Waals surface area (Å²) < 4.78 is 17.1. The van der Waals surface area contributed by atoms with Crippen molar-refractivity contribution in [1.82, 2.24) is 15.1 Å². The number of fused-ring (bicyclic) bond motifs is 1. The fraction of sp³-hybridized carbons (Fsp3) is 0.389. The lowest BCUT2D eigenvalue weighted by Gasteiger charge is -2.27. The molecule has 1 fully saturated rings. The maximum atomic E-state index is 5.95. The van der Waals surface area contributed by atoms with Crippen LogP contribution in [0.25, 0.3) is 22.4 Å². The van der Waals surface area contributed by atoms with Gasteiger partial charge in [0.2, 0.25) is 0 Å². The molecule has 3 heterocycles. The molecule has 0 unspecified atom stereocenters. The first kappa shape index (κ1) is 15.4. The lowest BCUT2D eigenvalue weighted by Crippen LogP contribution is -2.38. The third-order valence-electron chi connectivity index (χ3n) is 4.23. The monoisotopic (exact) mass is 327 g/mol. The third kappa shape index (κ3) is 3.21.